The Morgan fingerprint density at radius 3 is 2.58 bits per heavy atom. The topological polar surface area (TPSA) is 97.0 Å². The third-order valence-electron chi connectivity index (χ3n) is 4.99. The van der Waals surface area contributed by atoms with Gasteiger partial charge in [0.1, 0.15) is 5.70 Å². The molecule has 184 valence electrons. The number of halogens is 2. The lowest BCUT2D eigenvalue weighted by Crippen LogP contribution is -2.30. The largest absolute Gasteiger partial charge is 0.490 e. The van der Waals surface area contributed by atoms with Crippen LogP contribution in [0.4, 0.5) is 16.2 Å². The Hall–Kier alpha value is -3.57. The summed E-state index contributed by atoms with van der Waals surface area (Å²) >= 11 is 8.09. The predicted octanol–water partition coefficient (Wildman–Crippen LogP) is 5.46. The van der Waals surface area contributed by atoms with Gasteiger partial charge in [0.2, 0.25) is 0 Å². The van der Waals surface area contributed by atoms with Gasteiger partial charge in [0, 0.05) is 10.7 Å². The fourth-order valence-corrected chi connectivity index (χ4v) is 4.45. The number of amides is 4. The highest BCUT2D eigenvalue weighted by Gasteiger charge is 2.35. The average molecular weight is 618 g/mol. The van der Waals surface area contributed by atoms with Crippen LogP contribution in [0.5, 0.6) is 11.5 Å². The zero-order chi connectivity index (χ0) is 25.7. The maximum atomic E-state index is 13.0. The van der Waals surface area contributed by atoms with Crippen molar-refractivity contribution < 1.29 is 23.9 Å². The van der Waals surface area contributed by atoms with Gasteiger partial charge in [-0.3, -0.25) is 9.59 Å². The quantitative estimate of drug-likeness (QED) is 0.199. The molecule has 3 aromatic carbocycles. The summed E-state index contributed by atoms with van der Waals surface area (Å²) < 4.78 is 12.2. The van der Waals surface area contributed by atoms with Crippen LogP contribution < -0.4 is 25.0 Å². The number of para-hydroxylation sites is 1. The van der Waals surface area contributed by atoms with Crippen LogP contribution in [0.1, 0.15) is 12.5 Å². The number of rotatable bonds is 8. The highest BCUT2D eigenvalue weighted by Crippen LogP contribution is 2.35. The number of benzene rings is 3. The van der Waals surface area contributed by atoms with Gasteiger partial charge in [0.15, 0.2) is 18.1 Å². The number of anilines is 2. The van der Waals surface area contributed by atoms with Crippen LogP contribution in [0.3, 0.4) is 0 Å². The lowest BCUT2D eigenvalue weighted by atomic mass is 10.1. The first kappa shape index (κ1) is 25.5. The molecule has 1 fully saturated rings. The molecule has 0 spiro atoms. The number of nitrogens with zero attached hydrogens (tertiary/aromatic N) is 1. The van der Waals surface area contributed by atoms with Gasteiger partial charge >= 0.3 is 6.03 Å². The summed E-state index contributed by atoms with van der Waals surface area (Å²) in [7, 11) is 0. The Morgan fingerprint density at radius 1 is 1.08 bits per heavy atom. The molecule has 1 heterocycles. The summed E-state index contributed by atoms with van der Waals surface area (Å²) in [6, 6.07) is 18.4. The summed E-state index contributed by atoms with van der Waals surface area (Å²) in [5, 5.41) is 5.77. The maximum absolute atomic E-state index is 13.0. The third-order valence-corrected chi connectivity index (χ3v) is 6.03. The maximum Gasteiger partial charge on any atom is 0.333 e. The summed E-state index contributed by atoms with van der Waals surface area (Å²) in [4.78, 5) is 38.8. The Morgan fingerprint density at radius 2 is 1.86 bits per heavy atom. The van der Waals surface area contributed by atoms with Gasteiger partial charge in [0.25, 0.3) is 11.8 Å². The Balaban J connectivity index is 1.53. The van der Waals surface area contributed by atoms with Crippen molar-refractivity contribution in [3.63, 3.8) is 0 Å². The molecule has 2 N–H and O–H groups in total. The average Bonchev–Trinajstić information content (AvgIpc) is 3.11. The standard InChI is InChI=1S/C26H21ClIN3O5/c1-2-35-22-13-16(11-20(28)24(22)36-15-23(32)29-18-8-4-3-5-9-18)12-21-25(33)31(26(34)30-21)19-10-6-7-17(27)14-19/h3-14H,2,15H2,1H3,(H,29,32)(H,30,34)/b21-12+. The Kier molecular flexibility index (Phi) is 8.11. The molecular formula is C26H21ClIN3O5. The van der Waals surface area contributed by atoms with Crippen molar-refractivity contribution in [3.05, 3.63) is 86.6 Å². The van der Waals surface area contributed by atoms with Crippen LogP contribution in [0.2, 0.25) is 5.02 Å². The summed E-state index contributed by atoms with van der Waals surface area (Å²) in [6.45, 7) is 1.98. The van der Waals surface area contributed by atoms with Crippen LogP contribution in [0, 0.1) is 3.57 Å². The fraction of sp³-hybridized carbons (Fsp3) is 0.115. The van der Waals surface area contributed by atoms with Crippen molar-refractivity contribution in [2.24, 2.45) is 0 Å². The van der Waals surface area contributed by atoms with E-state index in [1.807, 2.05) is 25.1 Å². The second-order valence-corrected chi connectivity index (χ2v) is 9.17. The smallest absolute Gasteiger partial charge is 0.333 e. The number of ether oxygens (including phenoxy) is 2. The van der Waals surface area contributed by atoms with E-state index < -0.39 is 11.9 Å². The molecule has 0 bridgehead atoms. The number of nitrogens with one attached hydrogen (secondary N) is 2. The van der Waals surface area contributed by atoms with Crippen molar-refractivity contribution >= 4 is 69.5 Å². The zero-order valence-corrected chi connectivity index (χ0v) is 22.0. The van der Waals surface area contributed by atoms with Gasteiger partial charge in [-0.25, -0.2) is 9.69 Å². The van der Waals surface area contributed by atoms with Gasteiger partial charge < -0.3 is 20.1 Å². The predicted molar refractivity (Wildman–Crippen MR) is 146 cm³/mol. The van der Waals surface area contributed by atoms with Crippen molar-refractivity contribution in [1.29, 1.82) is 0 Å². The van der Waals surface area contributed by atoms with E-state index in [2.05, 4.69) is 33.2 Å². The Bertz CT molecular complexity index is 1350. The lowest BCUT2D eigenvalue weighted by molar-refractivity contribution is -0.118. The molecule has 4 rings (SSSR count). The van der Waals surface area contributed by atoms with Gasteiger partial charge in [-0.15, -0.1) is 0 Å². The SMILES string of the molecule is CCOc1cc(/C=C2/NC(=O)N(c3cccc(Cl)c3)C2=O)cc(I)c1OCC(=O)Nc1ccccc1. The van der Waals surface area contributed by atoms with Gasteiger partial charge in [0.05, 0.1) is 15.9 Å². The number of hydrogen-bond acceptors (Lipinski definition) is 5. The molecule has 10 heteroatoms. The molecule has 0 radical (unpaired) electrons. The molecule has 36 heavy (non-hydrogen) atoms. The minimum atomic E-state index is -0.572. The summed E-state index contributed by atoms with van der Waals surface area (Å²) in [5.41, 5.74) is 1.76. The Labute approximate surface area is 226 Å². The minimum absolute atomic E-state index is 0.106. The van der Waals surface area contributed by atoms with Gasteiger partial charge in [-0.05, 0) is 83.6 Å². The molecule has 4 amide bonds. The molecule has 1 saturated heterocycles. The molecule has 0 aromatic heterocycles. The molecule has 0 saturated carbocycles. The summed E-state index contributed by atoms with van der Waals surface area (Å²) in [6.07, 6.45) is 1.56. The van der Waals surface area contributed by atoms with E-state index in [-0.39, 0.29) is 18.2 Å². The molecule has 1 aliphatic heterocycles. The van der Waals surface area contributed by atoms with Gasteiger partial charge in [-0.1, -0.05) is 35.9 Å². The first-order chi connectivity index (χ1) is 17.4. The number of carbonyl (C=O) groups is 3. The molecule has 0 unspecified atom stereocenters. The number of hydrogen-bond donors (Lipinski definition) is 2. The molecule has 0 atom stereocenters. The molecule has 0 aliphatic carbocycles. The monoisotopic (exact) mass is 617 g/mol. The molecular weight excluding hydrogens is 597 g/mol. The zero-order valence-electron chi connectivity index (χ0n) is 19.1. The van der Waals surface area contributed by atoms with Crippen molar-refractivity contribution in [2.45, 2.75) is 6.92 Å². The first-order valence-corrected chi connectivity index (χ1v) is 12.4. The molecule has 8 nitrogen and oxygen atoms in total. The van der Waals surface area contributed by atoms with Crippen LogP contribution in [0.25, 0.3) is 6.08 Å². The van der Waals surface area contributed by atoms with Crippen LogP contribution >= 0.6 is 34.2 Å². The molecule has 3 aromatic rings. The third kappa shape index (κ3) is 5.97. The lowest BCUT2D eigenvalue weighted by Gasteiger charge is -2.15. The number of imide groups is 1. The number of carbonyl (C=O) groups excluding carboxylic acids is 3. The van der Waals surface area contributed by atoms with E-state index in [1.165, 1.54) is 6.07 Å². The van der Waals surface area contributed by atoms with E-state index in [1.54, 1.807) is 48.5 Å². The van der Waals surface area contributed by atoms with E-state index in [0.717, 1.165) is 4.90 Å². The van der Waals surface area contributed by atoms with Gasteiger partial charge in [-0.2, -0.15) is 0 Å². The van der Waals surface area contributed by atoms with Crippen molar-refractivity contribution in [2.75, 3.05) is 23.4 Å². The van der Waals surface area contributed by atoms with E-state index in [4.69, 9.17) is 21.1 Å². The highest BCUT2D eigenvalue weighted by molar-refractivity contribution is 14.1. The first-order valence-electron chi connectivity index (χ1n) is 10.9. The normalized spacial score (nSPS) is 14.1. The summed E-state index contributed by atoms with van der Waals surface area (Å²) in [5.74, 6) is -0.00320. The fourth-order valence-electron chi connectivity index (χ4n) is 3.48. The van der Waals surface area contributed by atoms with Crippen LogP contribution in [-0.2, 0) is 9.59 Å². The number of urea groups is 1. The van der Waals surface area contributed by atoms with E-state index in [0.29, 0.717) is 43.6 Å². The van der Waals surface area contributed by atoms with Crippen molar-refractivity contribution in [1.82, 2.24) is 5.32 Å². The highest BCUT2D eigenvalue weighted by atomic mass is 127. The van der Waals surface area contributed by atoms with E-state index in [9.17, 15) is 14.4 Å². The minimum Gasteiger partial charge on any atom is -0.490 e. The van der Waals surface area contributed by atoms with Crippen LogP contribution in [-0.4, -0.2) is 31.1 Å². The molecule has 1 aliphatic rings. The second-order valence-electron chi connectivity index (χ2n) is 7.57. The van der Waals surface area contributed by atoms with Crippen molar-refractivity contribution in [3.8, 4) is 11.5 Å². The second kappa shape index (κ2) is 11.4. The van der Waals surface area contributed by atoms with E-state index >= 15 is 0 Å². The van der Waals surface area contributed by atoms with Crippen LogP contribution in [0.15, 0.2) is 72.4 Å².